The van der Waals surface area contributed by atoms with Gasteiger partial charge in [0.15, 0.2) is 11.6 Å². The number of carbonyl (C=O) groups excluding carboxylic acids is 2. The summed E-state index contributed by atoms with van der Waals surface area (Å²) in [6.07, 6.45) is 4.17. The summed E-state index contributed by atoms with van der Waals surface area (Å²) in [5.41, 5.74) is 2.33. The van der Waals surface area contributed by atoms with Crippen molar-refractivity contribution in [3.05, 3.63) is 117 Å². The fraction of sp³-hybridized carbons (Fsp3) is 0.250. The van der Waals surface area contributed by atoms with Crippen molar-refractivity contribution in [1.29, 1.82) is 0 Å². The van der Waals surface area contributed by atoms with Gasteiger partial charge in [-0.05, 0) is 62.1 Å². The predicted octanol–water partition coefficient (Wildman–Crippen LogP) is 7.08. The van der Waals surface area contributed by atoms with Gasteiger partial charge < -0.3 is 40.9 Å². The number of aromatic hydroxyl groups is 8. The van der Waals surface area contributed by atoms with Crippen molar-refractivity contribution in [3.63, 3.8) is 0 Å². The standard InChI is InChI=1S/C40H36O10/c1-17-7-25(21-5-3-19(41)11-31(21)43)37-27(9-17)23-13-29(35(47)15-33(23)45)40(50)38-26(22-6-4-20(42)12-32(22)44)8-18(2)10-28(38)24-14-30(39(37)49)36(48)16-34(24)46/h3-6,9-16,25-28,37-38,41-48H,7-8H2,1-2H3/t25-,26-,27+,28+,37-,38-/m1/s1. The molecule has 50 heavy (non-hydrogen) atoms. The maximum atomic E-state index is 14.9. The topological polar surface area (TPSA) is 196 Å². The van der Waals surface area contributed by atoms with Crippen LogP contribution in [0.25, 0.3) is 0 Å². The molecule has 256 valence electrons. The van der Waals surface area contributed by atoms with Crippen LogP contribution in [0.1, 0.15) is 93.3 Å². The van der Waals surface area contributed by atoms with E-state index in [1.165, 1.54) is 48.5 Å². The first-order chi connectivity index (χ1) is 23.7. The van der Waals surface area contributed by atoms with Gasteiger partial charge in [-0.15, -0.1) is 0 Å². The molecule has 10 nitrogen and oxygen atoms in total. The van der Waals surface area contributed by atoms with E-state index in [0.29, 0.717) is 24.0 Å². The molecule has 8 N–H and O–H groups in total. The third-order valence-electron chi connectivity index (χ3n) is 10.6. The fourth-order valence-electron chi connectivity index (χ4n) is 8.44. The maximum absolute atomic E-state index is 14.9. The minimum Gasteiger partial charge on any atom is -0.508 e. The summed E-state index contributed by atoms with van der Waals surface area (Å²) in [6.45, 7) is 3.66. The van der Waals surface area contributed by atoms with Gasteiger partial charge in [0.25, 0.3) is 0 Å². The molecule has 3 aliphatic rings. The van der Waals surface area contributed by atoms with Crippen LogP contribution in [0, 0.1) is 11.8 Å². The molecule has 0 saturated carbocycles. The van der Waals surface area contributed by atoms with E-state index in [1.807, 2.05) is 13.8 Å². The second-order valence-electron chi connectivity index (χ2n) is 13.8. The number of ketones is 2. The second kappa shape index (κ2) is 11.9. The minimum atomic E-state index is -1.07. The lowest BCUT2D eigenvalue weighted by Gasteiger charge is -2.39. The van der Waals surface area contributed by atoms with E-state index >= 15 is 0 Å². The molecule has 4 bridgehead atoms. The number of hydrogen-bond donors (Lipinski definition) is 8. The summed E-state index contributed by atoms with van der Waals surface area (Å²) in [6, 6.07) is 13.0. The number of phenols is 8. The number of allylic oxidation sites excluding steroid dienone is 4. The van der Waals surface area contributed by atoms with Gasteiger partial charge in [0, 0.05) is 70.9 Å². The number of fused-ring (bicyclic) bond motifs is 8. The van der Waals surface area contributed by atoms with Crippen molar-refractivity contribution in [3.8, 4) is 46.0 Å². The molecule has 7 rings (SSSR count). The van der Waals surface area contributed by atoms with E-state index in [0.717, 1.165) is 23.3 Å². The summed E-state index contributed by atoms with van der Waals surface area (Å²) in [5.74, 6) is -9.18. The van der Waals surface area contributed by atoms with Gasteiger partial charge in [-0.3, -0.25) is 9.59 Å². The highest BCUT2D eigenvalue weighted by atomic mass is 16.3. The van der Waals surface area contributed by atoms with Crippen LogP contribution in [0.5, 0.6) is 46.0 Å². The van der Waals surface area contributed by atoms with Crippen molar-refractivity contribution in [2.24, 2.45) is 11.8 Å². The molecule has 0 amide bonds. The van der Waals surface area contributed by atoms with Gasteiger partial charge in [0.05, 0.1) is 11.1 Å². The molecule has 0 heterocycles. The third kappa shape index (κ3) is 5.28. The molecule has 0 saturated heterocycles. The Bertz CT molecular complexity index is 2010. The number of rotatable bonds is 2. The Hall–Kier alpha value is -5.90. The van der Waals surface area contributed by atoms with Gasteiger partial charge in [-0.1, -0.05) is 35.4 Å². The van der Waals surface area contributed by atoms with Crippen LogP contribution in [0.2, 0.25) is 0 Å². The van der Waals surface area contributed by atoms with Crippen LogP contribution in [-0.4, -0.2) is 52.4 Å². The van der Waals surface area contributed by atoms with Crippen molar-refractivity contribution in [2.45, 2.75) is 50.4 Å². The zero-order valence-corrected chi connectivity index (χ0v) is 27.2. The number of hydrogen-bond acceptors (Lipinski definition) is 10. The maximum Gasteiger partial charge on any atom is 0.171 e. The molecular weight excluding hydrogens is 640 g/mol. The molecule has 6 atom stereocenters. The smallest absolute Gasteiger partial charge is 0.171 e. The minimum absolute atomic E-state index is 0.144. The highest BCUT2D eigenvalue weighted by Gasteiger charge is 2.46. The average Bonchev–Trinajstić information content (AvgIpc) is 3.03. The first-order valence-electron chi connectivity index (χ1n) is 16.3. The Balaban J connectivity index is 1.53. The Morgan fingerprint density at radius 1 is 0.460 bits per heavy atom. The van der Waals surface area contributed by atoms with E-state index in [4.69, 9.17) is 0 Å². The molecule has 4 aromatic carbocycles. The highest BCUT2D eigenvalue weighted by Crippen LogP contribution is 2.55. The van der Waals surface area contributed by atoms with Gasteiger partial charge in [0.1, 0.15) is 46.0 Å². The number of benzene rings is 4. The lowest BCUT2D eigenvalue weighted by molar-refractivity contribution is 0.0876. The molecule has 10 heteroatoms. The van der Waals surface area contributed by atoms with Crippen LogP contribution in [-0.2, 0) is 0 Å². The molecule has 3 aliphatic carbocycles. The van der Waals surface area contributed by atoms with Gasteiger partial charge in [-0.2, -0.15) is 0 Å². The molecular formula is C40H36O10. The van der Waals surface area contributed by atoms with E-state index in [9.17, 15) is 50.4 Å². The zero-order valence-electron chi connectivity index (χ0n) is 27.2. The highest BCUT2D eigenvalue weighted by molar-refractivity contribution is 6.04. The van der Waals surface area contributed by atoms with Crippen LogP contribution >= 0.6 is 0 Å². The van der Waals surface area contributed by atoms with E-state index in [2.05, 4.69) is 0 Å². The van der Waals surface area contributed by atoms with Gasteiger partial charge in [-0.25, -0.2) is 0 Å². The summed E-state index contributed by atoms with van der Waals surface area (Å²) in [5, 5.41) is 87.2. The molecule has 0 aromatic heterocycles. The molecule has 0 unspecified atom stereocenters. The molecule has 4 aromatic rings. The SMILES string of the molecule is CC1=C[C@H]2c3cc(c(O)cc3O)C(=O)[C@@H]3[C@@H](c4ccc(O)cc4O)CC(C)=C[C@H]3c3cc(c(O)cc3O)C(=O)[C@@H]2[C@@H](c2ccc(O)cc2O)C1. The van der Waals surface area contributed by atoms with Crippen molar-refractivity contribution >= 4 is 11.6 Å². The molecule has 0 radical (unpaired) electrons. The van der Waals surface area contributed by atoms with Gasteiger partial charge >= 0.3 is 0 Å². The Morgan fingerprint density at radius 3 is 1.18 bits per heavy atom. The van der Waals surface area contributed by atoms with Crippen LogP contribution < -0.4 is 0 Å². The fourth-order valence-corrected chi connectivity index (χ4v) is 8.44. The Labute approximate surface area is 287 Å². The summed E-state index contributed by atoms with van der Waals surface area (Å²) in [7, 11) is 0. The molecule has 0 spiro atoms. The van der Waals surface area contributed by atoms with E-state index in [1.54, 1.807) is 12.2 Å². The summed E-state index contributed by atoms with van der Waals surface area (Å²) in [4.78, 5) is 29.8. The van der Waals surface area contributed by atoms with Crippen molar-refractivity contribution in [1.82, 2.24) is 0 Å². The summed E-state index contributed by atoms with van der Waals surface area (Å²) < 4.78 is 0. The molecule has 0 fully saturated rings. The Morgan fingerprint density at radius 2 is 0.820 bits per heavy atom. The van der Waals surface area contributed by atoms with Gasteiger partial charge in [0.2, 0.25) is 0 Å². The normalized spacial score (nSPS) is 24.6. The number of phenolic OH excluding ortho intramolecular Hbond substituents is 8. The third-order valence-corrected chi connectivity index (χ3v) is 10.6. The monoisotopic (exact) mass is 676 g/mol. The first kappa shape index (κ1) is 32.6. The number of Topliss-reactive ketones (excluding diaryl/α,β-unsaturated/α-hetero) is 2. The van der Waals surface area contributed by atoms with Crippen LogP contribution in [0.4, 0.5) is 0 Å². The second-order valence-corrected chi connectivity index (χ2v) is 13.8. The summed E-state index contributed by atoms with van der Waals surface area (Å²) >= 11 is 0. The lowest BCUT2D eigenvalue weighted by Crippen LogP contribution is -2.34. The quantitative estimate of drug-likeness (QED) is 0.102. The van der Waals surface area contributed by atoms with Crippen LogP contribution in [0.15, 0.2) is 84.0 Å². The van der Waals surface area contributed by atoms with Crippen LogP contribution in [0.3, 0.4) is 0 Å². The first-order valence-corrected chi connectivity index (χ1v) is 16.3. The van der Waals surface area contributed by atoms with Crippen molar-refractivity contribution in [2.75, 3.05) is 0 Å². The largest absolute Gasteiger partial charge is 0.508 e. The Kier molecular flexibility index (Phi) is 7.77. The van der Waals surface area contributed by atoms with E-state index in [-0.39, 0.29) is 56.8 Å². The average molecular weight is 677 g/mol. The van der Waals surface area contributed by atoms with Crippen molar-refractivity contribution < 1.29 is 50.4 Å². The van der Waals surface area contributed by atoms with E-state index < -0.39 is 58.6 Å². The molecule has 0 aliphatic heterocycles. The lowest BCUT2D eigenvalue weighted by atomic mass is 9.63. The predicted molar refractivity (Wildman–Crippen MR) is 182 cm³/mol. The zero-order chi connectivity index (χ0) is 35.8. The number of carbonyl (C=O) groups is 2.